The Hall–Kier alpha value is -1.76. The van der Waals surface area contributed by atoms with E-state index >= 15 is 0 Å². The number of benzene rings is 1. The number of fused-ring (bicyclic) bond motifs is 1. The SMILES string of the molecule is Nc1nc(SCc2ccc(Br)cc2)c2ncn([C@H]3O[C@@H](CO)[C@@H](O)[C@@H]3O)c2n1. The molecule has 1 aliphatic rings. The van der Waals surface area contributed by atoms with Gasteiger partial charge in [-0.3, -0.25) is 4.57 Å². The van der Waals surface area contributed by atoms with Crippen molar-refractivity contribution < 1.29 is 20.1 Å². The van der Waals surface area contributed by atoms with Crippen LogP contribution in [0.4, 0.5) is 5.95 Å². The first-order valence-corrected chi connectivity index (χ1v) is 10.3. The molecule has 148 valence electrons. The van der Waals surface area contributed by atoms with Crippen molar-refractivity contribution in [2.45, 2.75) is 35.3 Å². The van der Waals surface area contributed by atoms with E-state index in [0.29, 0.717) is 21.9 Å². The number of rotatable bonds is 5. The molecule has 1 aromatic carbocycles. The third-order valence-electron chi connectivity index (χ3n) is 4.49. The van der Waals surface area contributed by atoms with Crippen molar-refractivity contribution in [2.24, 2.45) is 0 Å². The summed E-state index contributed by atoms with van der Waals surface area (Å²) < 4.78 is 8.08. The van der Waals surface area contributed by atoms with Gasteiger partial charge in [0.05, 0.1) is 12.9 Å². The van der Waals surface area contributed by atoms with Gasteiger partial charge in [0.1, 0.15) is 28.9 Å². The van der Waals surface area contributed by atoms with Crippen LogP contribution in [0.2, 0.25) is 0 Å². The summed E-state index contributed by atoms with van der Waals surface area (Å²) in [5.41, 5.74) is 7.90. The predicted molar refractivity (Wildman–Crippen MR) is 106 cm³/mol. The molecule has 1 aliphatic heterocycles. The molecule has 9 nitrogen and oxygen atoms in total. The molecule has 0 unspecified atom stereocenters. The average Bonchev–Trinajstić information content (AvgIpc) is 3.22. The number of halogens is 1. The minimum Gasteiger partial charge on any atom is -0.394 e. The fourth-order valence-electron chi connectivity index (χ4n) is 3.04. The number of anilines is 1. The molecule has 0 aliphatic carbocycles. The number of imidazole rings is 1. The maximum absolute atomic E-state index is 10.3. The van der Waals surface area contributed by atoms with E-state index < -0.39 is 31.1 Å². The lowest BCUT2D eigenvalue weighted by Crippen LogP contribution is -2.33. The van der Waals surface area contributed by atoms with Crippen LogP contribution in [0.3, 0.4) is 0 Å². The Morgan fingerprint density at radius 2 is 1.93 bits per heavy atom. The molecule has 4 atom stereocenters. The van der Waals surface area contributed by atoms with Gasteiger partial charge in [-0.15, -0.1) is 0 Å². The first-order chi connectivity index (χ1) is 13.5. The van der Waals surface area contributed by atoms with Crippen molar-refractivity contribution in [1.82, 2.24) is 19.5 Å². The van der Waals surface area contributed by atoms with Crippen LogP contribution in [0.25, 0.3) is 11.2 Å². The highest BCUT2D eigenvalue weighted by Crippen LogP contribution is 2.34. The Labute approximate surface area is 172 Å². The van der Waals surface area contributed by atoms with Crippen LogP contribution in [-0.4, -0.2) is 59.8 Å². The second-order valence-electron chi connectivity index (χ2n) is 6.36. The van der Waals surface area contributed by atoms with Crippen LogP contribution in [0.1, 0.15) is 11.8 Å². The van der Waals surface area contributed by atoms with Crippen molar-refractivity contribution >= 4 is 44.8 Å². The fraction of sp³-hybridized carbons (Fsp3) is 0.353. The molecule has 1 saturated heterocycles. The zero-order valence-electron chi connectivity index (χ0n) is 14.5. The number of nitrogens with two attached hydrogens (primary N) is 1. The smallest absolute Gasteiger partial charge is 0.223 e. The number of hydrogen-bond acceptors (Lipinski definition) is 9. The highest BCUT2D eigenvalue weighted by atomic mass is 79.9. The zero-order valence-corrected chi connectivity index (χ0v) is 16.9. The molecule has 0 amide bonds. The molecule has 0 spiro atoms. The molecule has 2 aromatic heterocycles. The standard InChI is InChI=1S/C17H18BrN5O4S/c18-9-3-1-8(2-4-9)6-28-15-11-14(21-17(19)22-15)23(7-20-11)16-13(26)12(25)10(5-24)27-16/h1-4,7,10,12-13,16,24-26H,5-6H2,(H2,19,21,22)/t10-,12+,13-,16-/m0/s1. The summed E-state index contributed by atoms with van der Waals surface area (Å²) in [6.45, 7) is -0.410. The first-order valence-electron chi connectivity index (χ1n) is 8.47. The van der Waals surface area contributed by atoms with E-state index in [1.165, 1.54) is 22.7 Å². The lowest BCUT2D eigenvalue weighted by molar-refractivity contribution is -0.0511. The third-order valence-corrected chi connectivity index (χ3v) is 6.05. The Kier molecular flexibility index (Phi) is 5.54. The maximum Gasteiger partial charge on any atom is 0.223 e. The number of thioether (sulfide) groups is 1. The van der Waals surface area contributed by atoms with Gasteiger partial charge >= 0.3 is 0 Å². The van der Waals surface area contributed by atoms with Gasteiger partial charge in [0.25, 0.3) is 0 Å². The van der Waals surface area contributed by atoms with E-state index in [1.807, 2.05) is 24.3 Å². The van der Waals surface area contributed by atoms with Gasteiger partial charge < -0.3 is 25.8 Å². The fourth-order valence-corrected chi connectivity index (χ4v) is 4.23. The number of aliphatic hydroxyl groups excluding tert-OH is 3. The van der Waals surface area contributed by atoms with E-state index in [9.17, 15) is 15.3 Å². The van der Waals surface area contributed by atoms with Crippen LogP contribution in [0.15, 0.2) is 40.1 Å². The number of aromatic nitrogens is 4. The number of hydrogen-bond donors (Lipinski definition) is 4. The zero-order chi connectivity index (χ0) is 19.8. The summed E-state index contributed by atoms with van der Waals surface area (Å²) in [7, 11) is 0. The summed E-state index contributed by atoms with van der Waals surface area (Å²) >= 11 is 4.88. The quantitative estimate of drug-likeness (QED) is 0.320. The number of aliphatic hydroxyl groups is 3. The monoisotopic (exact) mass is 467 g/mol. The predicted octanol–water partition coefficient (Wildman–Crippen LogP) is 1.07. The largest absolute Gasteiger partial charge is 0.394 e. The van der Waals surface area contributed by atoms with Gasteiger partial charge in [-0.1, -0.05) is 39.8 Å². The summed E-state index contributed by atoms with van der Waals surface area (Å²) in [5, 5.41) is 30.2. The molecule has 5 N–H and O–H groups in total. The maximum atomic E-state index is 10.3. The molecule has 0 saturated carbocycles. The number of nitrogen functional groups attached to an aromatic ring is 1. The van der Waals surface area contributed by atoms with Crippen molar-refractivity contribution in [3.63, 3.8) is 0 Å². The molecule has 28 heavy (non-hydrogen) atoms. The van der Waals surface area contributed by atoms with Gasteiger partial charge in [0.2, 0.25) is 5.95 Å². The van der Waals surface area contributed by atoms with Gasteiger partial charge in [0.15, 0.2) is 11.9 Å². The second kappa shape index (κ2) is 7.93. The van der Waals surface area contributed by atoms with Crippen LogP contribution in [0.5, 0.6) is 0 Å². The van der Waals surface area contributed by atoms with E-state index in [-0.39, 0.29) is 5.95 Å². The van der Waals surface area contributed by atoms with E-state index in [4.69, 9.17) is 10.5 Å². The molecule has 1 fully saturated rings. The van der Waals surface area contributed by atoms with Gasteiger partial charge in [-0.2, -0.15) is 4.98 Å². The highest BCUT2D eigenvalue weighted by Gasteiger charge is 2.44. The summed E-state index contributed by atoms with van der Waals surface area (Å²) in [6.07, 6.45) is -2.80. The van der Waals surface area contributed by atoms with Crippen molar-refractivity contribution in [3.05, 3.63) is 40.6 Å². The Balaban J connectivity index is 1.64. The minimum atomic E-state index is -1.23. The van der Waals surface area contributed by atoms with E-state index in [2.05, 4.69) is 30.9 Å². The molecule has 0 radical (unpaired) electrons. The Morgan fingerprint density at radius 3 is 2.61 bits per heavy atom. The van der Waals surface area contributed by atoms with Crippen LogP contribution in [0, 0.1) is 0 Å². The Morgan fingerprint density at radius 1 is 1.18 bits per heavy atom. The lowest BCUT2D eigenvalue weighted by atomic mass is 10.1. The lowest BCUT2D eigenvalue weighted by Gasteiger charge is -2.16. The number of nitrogens with zero attached hydrogens (tertiary/aromatic N) is 4. The Bertz CT molecular complexity index is 986. The average molecular weight is 468 g/mol. The summed E-state index contributed by atoms with van der Waals surface area (Å²) in [4.78, 5) is 12.9. The topological polar surface area (TPSA) is 140 Å². The molecule has 4 rings (SSSR count). The van der Waals surface area contributed by atoms with Crippen molar-refractivity contribution in [2.75, 3.05) is 12.3 Å². The molecule has 0 bridgehead atoms. The van der Waals surface area contributed by atoms with Crippen LogP contribution < -0.4 is 5.73 Å². The second-order valence-corrected chi connectivity index (χ2v) is 8.23. The first kappa shape index (κ1) is 19.6. The summed E-state index contributed by atoms with van der Waals surface area (Å²) in [6, 6.07) is 7.96. The van der Waals surface area contributed by atoms with Gasteiger partial charge in [-0.25, -0.2) is 9.97 Å². The van der Waals surface area contributed by atoms with Crippen molar-refractivity contribution in [3.8, 4) is 0 Å². The van der Waals surface area contributed by atoms with Gasteiger partial charge in [0, 0.05) is 10.2 Å². The highest BCUT2D eigenvalue weighted by molar-refractivity contribution is 9.10. The molecule has 3 aromatic rings. The minimum absolute atomic E-state index is 0.0688. The van der Waals surface area contributed by atoms with E-state index in [0.717, 1.165) is 10.0 Å². The normalized spacial score (nSPS) is 24.9. The molecule has 3 heterocycles. The molecular weight excluding hydrogens is 450 g/mol. The summed E-state index contributed by atoms with van der Waals surface area (Å²) in [5.74, 6) is 0.735. The van der Waals surface area contributed by atoms with E-state index in [1.54, 1.807) is 0 Å². The number of ether oxygens (including phenoxy) is 1. The van der Waals surface area contributed by atoms with Gasteiger partial charge in [-0.05, 0) is 17.7 Å². The molecule has 11 heteroatoms. The van der Waals surface area contributed by atoms with Crippen LogP contribution >= 0.6 is 27.7 Å². The van der Waals surface area contributed by atoms with Crippen LogP contribution in [-0.2, 0) is 10.5 Å². The molecular formula is C17H18BrN5O4S. The third kappa shape index (κ3) is 3.61. The van der Waals surface area contributed by atoms with Crippen molar-refractivity contribution in [1.29, 1.82) is 0 Å².